The van der Waals surface area contributed by atoms with E-state index in [1.807, 2.05) is 18.2 Å². The van der Waals surface area contributed by atoms with Crippen LogP contribution in [0.1, 0.15) is 15.2 Å². The van der Waals surface area contributed by atoms with Crippen LogP contribution in [-0.2, 0) is 0 Å². The van der Waals surface area contributed by atoms with E-state index in [-0.39, 0.29) is 5.56 Å². The lowest BCUT2D eigenvalue weighted by atomic mass is 10.2. The minimum absolute atomic E-state index is 0.271. The van der Waals surface area contributed by atoms with E-state index in [1.54, 1.807) is 18.7 Å². The van der Waals surface area contributed by atoms with Gasteiger partial charge in [-0.25, -0.2) is 0 Å². The van der Waals surface area contributed by atoms with Crippen LogP contribution in [0.3, 0.4) is 0 Å². The van der Waals surface area contributed by atoms with Crippen molar-refractivity contribution >= 4 is 56.4 Å². The molecule has 92 valence electrons. The molecule has 18 heavy (non-hydrogen) atoms. The maximum atomic E-state index is 11.2. The molecular formula is C12H7BrNO2S2-. The Hall–Kier alpha value is -0.980. The predicted molar refractivity (Wildman–Crippen MR) is 74.9 cm³/mol. The lowest BCUT2D eigenvalue weighted by Gasteiger charge is -2.19. The van der Waals surface area contributed by atoms with Crippen LogP contribution in [-0.4, -0.2) is 5.97 Å². The Morgan fingerprint density at radius 3 is 2.94 bits per heavy atom. The van der Waals surface area contributed by atoms with Crippen LogP contribution in [0.5, 0.6) is 0 Å². The molecule has 0 saturated heterocycles. The summed E-state index contributed by atoms with van der Waals surface area (Å²) < 4.78 is 1.93. The summed E-state index contributed by atoms with van der Waals surface area (Å²) in [5, 5.41) is 14.4. The summed E-state index contributed by atoms with van der Waals surface area (Å²) in [4.78, 5) is 13.0. The summed E-state index contributed by atoms with van der Waals surface area (Å²) >= 11 is 6.48. The summed E-state index contributed by atoms with van der Waals surface area (Å²) in [7, 11) is 0. The number of aromatic carboxylic acids is 1. The first-order valence-electron chi connectivity index (χ1n) is 5.15. The van der Waals surface area contributed by atoms with Gasteiger partial charge in [-0.05, 0) is 25.1 Å². The smallest absolute Gasteiger partial charge is 0.0892 e. The van der Waals surface area contributed by atoms with E-state index in [2.05, 4.69) is 21.2 Å². The number of halogens is 1. The van der Waals surface area contributed by atoms with Crippen LogP contribution in [0.4, 0.5) is 11.4 Å². The van der Waals surface area contributed by atoms with Gasteiger partial charge in [0.2, 0.25) is 0 Å². The molecule has 6 heteroatoms. The molecule has 0 saturated carbocycles. The van der Waals surface area contributed by atoms with Crippen LogP contribution in [0, 0.1) is 6.92 Å². The van der Waals surface area contributed by atoms with Gasteiger partial charge in [0, 0.05) is 19.8 Å². The molecule has 1 aliphatic heterocycles. The summed E-state index contributed by atoms with van der Waals surface area (Å²) in [5.41, 5.74) is 1.85. The third-order valence-corrected chi connectivity index (χ3v) is 5.52. The summed E-state index contributed by atoms with van der Waals surface area (Å²) in [6, 6.07) is 5.92. The highest BCUT2D eigenvalue weighted by Gasteiger charge is 2.23. The number of benzene rings is 1. The van der Waals surface area contributed by atoms with Gasteiger partial charge in [0.15, 0.2) is 0 Å². The summed E-state index contributed by atoms with van der Waals surface area (Å²) in [6.45, 7) is 1.80. The van der Waals surface area contributed by atoms with E-state index in [9.17, 15) is 9.90 Å². The molecule has 3 rings (SSSR count). The molecular weight excluding hydrogens is 334 g/mol. The highest BCUT2D eigenvalue weighted by Crippen LogP contribution is 2.50. The molecule has 0 atom stereocenters. The Balaban J connectivity index is 2.14. The van der Waals surface area contributed by atoms with E-state index >= 15 is 0 Å². The Kier molecular flexibility index (Phi) is 2.88. The molecule has 0 aliphatic carbocycles. The van der Waals surface area contributed by atoms with Crippen LogP contribution >= 0.6 is 39.0 Å². The zero-order valence-corrected chi connectivity index (χ0v) is 12.5. The second-order valence-corrected chi connectivity index (χ2v) is 7.30. The highest BCUT2D eigenvalue weighted by atomic mass is 79.9. The van der Waals surface area contributed by atoms with Gasteiger partial charge in [0.05, 0.1) is 21.6 Å². The number of carboxylic acids is 1. The molecule has 0 fully saturated rings. The van der Waals surface area contributed by atoms with Crippen molar-refractivity contribution in [1.29, 1.82) is 0 Å². The maximum absolute atomic E-state index is 11.2. The molecule has 0 spiro atoms. The average Bonchev–Trinajstić information content (AvgIpc) is 2.61. The zero-order valence-electron chi connectivity index (χ0n) is 9.24. The number of aryl methyl sites for hydroxylation is 1. The fraction of sp³-hybridized carbons (Fsp3) is 0.0833. The predicted octanol–water partition coefficient (Wildman–Crippen LogP) is 3.39. The van der Waals surface area contributed by atoms with Gasteiger partial charge < -0.3 is 15.2 Å². The first-order chi connectivity index (χ1) is 8.56. The molecule has 2 aromatic rings. The van der Waals surface area contributed by atoms with Gasteiger partial charge >= 0.3 is 0 Å². The van der Waals surface area contributed by atoms with Crippen molar-refractivity contribution in [3.05, 3.63) is 33.1 Å². The number of thiophene rings is 1. The van der Waals surface area contributed by atoms with E-state index < -0.39 is 5.97 Å². The van der Waals surface area contributed by atoms with Gasteiger partial charge in [-0.2, -0.15) is 0 Å². The fourth-order valence-electron chi connectivity index (χ4n) is 1.87. The van der Waals surface area contributed by atoms with E-state index in [4.69, 9.17) is 0 Å². The SMILES string of the molecule is Cc1sc2c(c1C(=O)[O-])Nc1cc(Br)ccc1S2. The number of carboxylic acid groups (broad SMARTS) is 1. The largest absolute Gasteiger partial charge is 0.545 e. The van der Waals surface area contributed by atoms with Crippen molar-refractivity contribution in [2.45, 2.75) is 16.0 Å². The number of hydrogen-bond acceptors (Lipinski definition) is 5. The Bertz CT molecular complexity index is 666. The number of carbonyl (C=O) groups excluding carboxylic acids is 1. The van der Waals surface area contributed by atoms with Crippen LogP contribution in [0.25, 0.3) is 0 Å². The number of nitrogens with one attached hydrogen (secondary N) is 1. The molecule has 0 radical (unpaired) electrons. The molecule has 1 aliphatic rings. The number of anilines is 2. The Morgan fingerprint density at radius 2 is 2.22 bits per heavy atom. The lowest BCUT2D eigenvalue weighted by Crippen LogP contribution is -2.23. The van der Waals surface area contributed by atoms with E-state index in [0.29, 0.717) is 5.69 Å². The lowest BCUT2D eigenvalue weighted by molar-refractivity contribution is -0.254. The van der Waals surface area contributed by atoms with Crippen molar-refractivity contribution in [3.8, 4) is 0 Å². The highest BCUT2D eigenvalue weighted by molar-refractivity contribution is 9.10. The van der Waals surface area contributed by atoms with Crippen LogP contribution in [0.2, 0.25) is 0 Å². The monoisotopic (exact) mass is 340 g/mol. The summed E-state index contributed by atoms with van der Waals surface area (Å²) in [6.07, 6.45) is 0. The minimum Gasteiger partial charge on any atom is -0.545 e. The first kappa shape index (κ1) is 12.1. The molecule has 3 nitrogen and oxygen atoms in total. The second kappa shape index (κ2) is 4.29. The zero-order chi connectivity index (χ0) is 12.9. The van der Waals surface area contributed by atoms with Crippen LogP contribution < -0.4 is 10.4 Å². The normalized spacial score (nSPS) is 12.6. The molecule has 2 heterocycles. The van der Waals surface area contributed by atoms with E-state index in [1.165, 1.54) is 11.3 Å². The van der Waals surface area contributed by atoms with Gasteiger partial charge in [-0.3, -0.25) is 0 Å². The topological polar surface area (TPSA) is 52.2 Å². The van der Waals surface area contributed by atoms with Crippen molar-refractivity contribution in [3.63, 3.8) is 0 Å². The fourth-order valence-corrected chi connectivity index (χ4v) is 4.68. The van der Waals surface area contributed by atoms with Gasteiger partial charge in [-0.15, -0.1) is 11.3 Å². The molecule has 1 aromatic heterocycles. The van der Waals surface area contributed by atoms with Crippen molar-refractivity contribution < 1.29 is 9.90 Å². The van der Waals surface area contributed by atoms with Crippen molar-refractivity contribution in [1.82, 2.24) is 0 Å². The van der Waals surface area contributed by atoms with Gasteiger partial charge in [0.1, 0.15) is 0 Å². The van der Waals surface area contributed by atoms with E-state index in [0.717, 1.165) is 24.1 Å². The van der Waals surface area contributed by atoms with Gasteiger partial charge in [-0.1, -0.05) is 27.7 Å². The minimum atomic E-state index is -1.13. The van der Waals surface area contributed by atoms with Gasteiger partial charge in [0.25, 0.3) is 0 Å². The molecule has 0 bridgehead atoms. The molecule has 1 aromatic carbocycles. The Labute approximate surface area is 120 Å². The van der Waals surface area contributed by atoms with Crippen molar-refractivity contribution in [2.75, 3.05) is 5.32 Å². The molecule has 0 unspecified atom stereocenters. The number of carbonyl (C=O) groups is 1. The van der Waals surface area contributed by atoms with Crippen LogP contribution in [0.15, 0.2) is 31.8 Å². The number of fused-ring (bicyclic) bond motifs is 2. The first-order valence-corrected chi connectivity index (χ1v) is 7.58. The number of rotatable bonds is 1. The summed E-state index contributed by atoms with van der Waals surface area (Å²) in [5.74, 6) is -1.13. The maximum Gasteiger partial charge on any atom is 0.0892 e. The van der Waals surface area contributed by atoms with Crippen molar-refractivity contribution in [2.24, 2.45) is 0 Å². The standard InChI is InChI=1S/C12H8BrNO2S2/c1-5-9(11(15)16)10-12(17-5)18-8-3-2-6(13)4-7(8)14-10/h2-4,14H,1H3,(H,15,16)/p-1. The second-order valence-electron chi connectivity index (χ2n) is 3.85. The molecule has 1 N–H and O–H groups in total. The Morgan fingerprint density at radius 1 is 1.44 bits per heavy atom. The molecule has 0 amide bonds. The third-order valence-electron chi connectivity index (χ3n) is 2.66. The third kappa shape index (κ3) is 1.84. The quantitative estimate of drug-likeness (QED) is 0.737. The number of hydrogen-bond donors (Lipinski definition) is 1. The average molecular weight is 341 g/mol.